The molecule has 0 bridgehead atoms. The Morgan fingerprint density at radius 1 is 0.833 bits per heavy atom. The molecule has 0 radical (unpaired) electrons. The Bertz CT molecular complexity index is 1200. The average Bonchev–Trinajstić information content (AvgIpc) is 3.24. The second kappa shape index (κ2) is 8.35. The normalized spacial score (nSPS) is 10.6. The number of esters is 1. The molecule has 0 aliphatic carbocycles. The molecule has 30 heavy (non-hydrogen) atoms. The van der Waals surface area contributed by atoms with Crippen LogP contribution in [-0.4, -0.2) is 24.0 Å². The fraction of sp³-hybridized carbons (Fsp3) is 0.0417. The number of rotatable bonds is 5. The van der Waals surface area contributed by atoms with Crippen molar-refractivity contribution in [3.05, 3.63) is 101 Å². The van der Waals surface area contributed by atoms with Gasteiger partial charge in [-0.2, -0.15) is 0 Å². The predicted molar refractivity (Wildman–Crippen MR) is 114 cm³/mol. The second-order valence-corrected chi connectivity index (χ2v) is 6.94. The van der Waals surface area contributed by atoms with Crippen LogP contribution in [0.15, 0.2) is 83.4 Å². The van der Waals surface area contributed by atoms with Crippen LogP contribution in [0.1, 0.15) is 26.3 Å². The molecule has 6 heteroatoms. The lowest BCUT2D eigenvalue weighted by atomic mass is 9.95. The highest BCUT2D eigenvalue weighted by Crippen LogP contribution is 2.34. The van der Waals surface area contributed by atoms with Crippen molar-refractivity contribution in [2.75, 3.05) is 7.11 Å². The van der Waals surface area contributed by atoms with E-state index in [-0.39, 0.29) is 5.78 Å². The Morgan fingerprint density at radius 3 is 2.10 bits per heavy atom. The smallest absolute Gasteiger partial charge is 0.337 e. The van der Waals surface area contributed by atoms with Crippen LogP contribution in [0.25, 0.3) is 22.6 Å². The van der Waals surface area contributed by atoms with Crippen LogP contribution < -0.4 is 0 Å². The number of halogens is 1. The topological polar surface area (TPSA) is 69.4 Å². The summed E-state index contributed by atoms with van der Waals surface area (Å²) in [6.07, 6.45) is 0. The molecule has 0 unspecified atom stereocenters. The van der Waals surface area contributed by atoms with E-state index in [9.17, 15) is 9.59 Å². The molecular formula is C24H16ClNO4. The summed E-state index contributed by atoms with van der Waals surface area (Å²) in [6.45, 7) is 0. The van der Waals surface area contributed by atoms with Crippen molar-refractivity contribution in [1.82, 2.24) is 5.16 Å². The number of aromatic nitrogens is 1. The first-order valence-corrected chi connectivity index (χ1v) is 9.50. The van der Waals surface area contributed by atoms with Gasteiger partial charge in [0, 0.05) is 21.7 Å². The van der Waals surface area contributed by atoms with Gasteiger partial charge in [0.2, 0.25) is 0 Å². The molecule has 4 aromatic rings. The van der Waals surface area contributed by atoms with E-state index in [2.05, 4.69) is 5.16 Å². The highest BCUT2D eigenvalue weighted by molar-refractivity contribution is 6.30. The summed E-state index contributed by atoms with van der Waals surface area (Å²) in [5, 5.41) is 4.76. The van der Waals surface area contributed by atoms with Gasteiger partial charge in [-0.25, -0.2) is 4.79 Å². The van der Waals surface area contributed by atoms with Crippen LogP contribution in [0.4, 0.5) is 0 Å². The number of ether oxygens (including phenoxy) is 1. The van der Waals surface area contributed by atoms with E-state index in [4.69, 9.17) is 20.9 Å². The van der Waals surface area contributed by atoms with Gasteiger partial charge < -0.3 is 9.26 Å². The third-order valence-electron chi connectivity index (χ3n) is 4.64. The molecule has 0 N–H and O–H groups in total. The quantitative estimate of drug-likeness (QED) is 0.308. The average molecular weight is 418 g/mol. The third kappa shape index (κ3) is 3.75. The summed E-state index contributed by atoms with van der Waals surface area (Å²) in [4.78, 5) is 25.1. The zero-order valence-corrected chi connectivity index (χ0v) is 16.7. The molecule has 1 aromatic heterocycles. The van der Waals surface area contributed by atoms with Crippen molar-refractivity contribution >= 4 is 23.4 Å². The van der Waals surface area contributed by atoms with Crippen molar-refractivity contribution in [2.24, 2.45) is 0 Å². The van der Waals surface area contributed by atoms with Gasteiger partial charge in [-0.1, -0.05) is 59.2 Å². The number of methoxy groups -OCH3 is 1. The molecule has 4 rings (SSSR count). The number of hydrogen-bond acceptors (Lipinski definition) is 5. The first kappa shape index (κ1) is 19.6. The van der Waals surface area contributed by atoms with Crippen LogP contribution in [0.5, 0.6) is 0 Å². The molecule has 0 amide bonds. The highest BCUT2D eigenvalue weighted by atomic mass is 35.5. The number of ketones is 1. The van der Waals surface area contributed by atoms with Gasteiger partial charge in [-0.3, -0.25) is 4.79 Å². The van der Waals surface area contributed by atoms with Crippen LogP contribution in [0.3, 0.4) is 0 Å². The Balaban J connectivity index is 1.86. The number of carbonyl (C=O) groups is 2. The standard InChI is InChI=1S/C24H16ClNO4/c1-29-24(28)18-9-7-15(8-10-18)21-20(22(27)16-5-3-2-4-6-16)23(30-26-21)17-11-13-19(25)14-12-17/h2-14H,1H3. The van der Waals surface area contributed by atoms with Crippen LogP contribution in [0, 0.1) is 0 Å². The Morgan fingerprint density at radius 2 is 1.47 bits per heavy atom. The van der Waals surface area contributed by atoms with Gasteiger partial charge in [0.1, 0.15) is 5.69 Å². The van der Waals surface area contributed by atoms with E-state index in [0.717, 1.165) is 0 Å². The van der Waals surface area contributed by atoms with Gasteiger partial charge >= 0.3 is 5.97 Å². The maximum Gasteiger partial charge on any atom is 0.337 e. The summed E-state index contributed by atoms with van der Waals surface area (Å²) in [6, 6.07) is 22.6. The van der Waals surface area contributed by atoms with Gasteiger partial charge in [0.15, 0.2) is 11.5 Å². The van der Waals surface area contributed by atoms with Crippen LogP contribution in [-0.2, 0) is 4.74 Å². The Kier molecular flexibility index (Phi) is 5.46. The Hall–Kier alpha value is -3.70. The molecule has 1 heterocycles. The summed E-state index contributed by atoms with van der Waals surface area (Å²) >= 11 is 6.00. The zero-order chi connectivity index (χ0) is 21.1. The van der Waals surface area contributed by atoms with E-state index in [0.29, 0.717) is 44.3 Å². The highest BCUT2D eigenvalue weighted by Gasteiger charge is 2.26. The first-order valence-electron chi connectivity index (χ1n) is 9.12. The van der Waals surface area contributed by atoms with Crippen LogP contribution in [0.2, 0.25) is 5.02 Å². The van der Waals surface area contributed by atoms with E-state index in [1.165, 1.54) is 7.11 Å². The fourth-order valence-corrected chi connectivity index (χ4v) is 3.24. The summed E-state index contributed by atoms with van der Waals surface area (Å²) in [5.41, 5.74) is 2.98. The molecule has 3 aromatic carbocycles. The van der Waals surface area contributed by atoms with E-state index < -0.39 is 5.97 Å². The number of nitrogens with zero attached hydrogens (tertiary/aromatic N) is 1. The third-order valence-corrected chi connectivity index (χ3v) is 4.89. The van der Waals surface area contributed by atoms with Crippen molar-refractivity contribution in [2.45, 2.75) is 0 Å². The van der Waals surface area contributed by atoms with E-state index >= 15 is 0 Å². The molecule has 0 aliphatic rings. The molecular weight excluding hydrogens is 402 g/mol. The van der Waals surface area contributed by atoms with E-state index in [1.54, 1.807) is 72.8 Å². The second-order valence-electron chi connectivity index (χ2n) is 6.51. The fourth-order valence-electron chi connectivity index (χ4n) is 3.11. The lowest BCUT2D eigenvalue weighted by Gasteiger charge is -2.06. The molecule has 0 fully saturated rings. The number of hydrogen-bond donors (Lipinski definition) is 0. The summed E-state index contributed by atoms with van der Waals surface area (Å²) in [5.74, 6) is -0.300. The van der Waals surface area contributed by atoms with Gasteiger partial charge in [0.25, 0.3) is 0 Å². The number of benzene rings is 3. The zero-order valence-electron chi connectivity index (χ0n) is 16.0. The van der Waals surface area contributed by atoms with Crippen molar-refractivity contribution in [3.63, 3.8) is 0 Å². The minimum absolute atomic E-state index is 0.214. The van der Waals surface area contributed by atoms with Gasteiger partial charge in [-0.15, -0.1) is 0 Å². The lowest BCUT2D eigenvalue weighted by Crippen LogP contribution is -2.04. The van der Waals surface area contributed by atoms with Crippen molar-refractivity contribution in [1.29, 1.82) is 0 Å². The lowest BCUT2D eigenvalue weighted by molar-refractivity contribution is 0.0600. The first-order chi connectivity index (χ1) is 14.6. The number of carbonyl (C=O) groups excluding carboxylic acids is 2. The van der Waals surface area contributed by atoms with Crippen molar-refractivity contribution < 1.29 is 18.8 Å². The van der Waals surface area contributed by atoms with Gasteiger partial charge in [-0.05, 0) is 36.4 Å². The molecule has 5 nitrogen and oxygen atoms in total. The molecule has 0 saturated carbocycles. The van der Waals surface area contributed by atoms with Crippen LogP contribution >= 0.6 is 11.6 Å². The molecule has 0 aliphatic heterocycles. The minimum Gasteiger partial charge on any atom is -0.465 e. The molecule has 0 spiro atoms. The molecule has 0 atom stereocenters. The molecule has 0 saturated heterocycles. The Labute approximate surface area is 177 Å². The molecule has 148 valence electrons. The van der Waals surface area contributed by atoms with Gasteiger partial charge in [0.05, 0.1) is 18.2 Å². The summed E-state index contributed by atoms with van der Waals surface area (Å²) in [7, 11) is 1.32. The van der Waals surface area contributed by atoms with E-state index in [1.807, 2.05) is 6.07 Å². The maximum absolute atomic E-state index is 13.4. The predicted octanol–water partition coefficient (Wildman–Crippen LogP) is 5.68. The van der Waals surface area contributed by atoms with Crippen molar-refractivity contribution in [3.8, 4) is 22.6 Å². The monoisotopic (exact) mass is 417 g/mol. The largest absolute Gasteiger partial charge is 0.465 e. The maximum atomic E-state index is 13.4. The minimum atomic E-state index is -0.441. The summed E-state index contributed by atoms with van der Waals surface area (Å²) < 4.78 is 10.3. The SMILES string of the molecule is COC(=O)c1ccc(-c2noc(-c3ccc(Cl)cc3)c2C(=O)c2ccccc2)cc1.